The molecule has 0 aliphatic carbocycles. The van der Waals surface area contributed by atoms with E-state index in [9.17, 15) is 0 Å². The fourth-order valence-corrected chi connectivity index (χ4v) is 1.73. The lowest BCUT2D eigenvalue weighted by Crippen LogP contribution is -2.16. The van der Waals surface area contributed by atoms with E-state index < -0.39 is 0 Å². The van der Waals surface area contributed by atoms with Crippen LogP contribution >= 0.6 is 0 Å². The molecule has 0 aromatic carbocycles. The average Bonchev–Trinajstić information content (AvgIpc) is 2.76. The van der Waals surface area contributed by atoms with Gasteiger partial charge in [-0.15, -0.1) is 5.10 Å². The largest absolute Gasteiger partial charge is 0.390 e. The Morgan fingerprint density at radius 2 is 2.50 bits per heavy atom. The van der Waals surface area contributed by atoms with Crippen LogP contribution in [-0.2, 0) is 17.9 Å². The Balaban J connectivity index is 1.90. The fraction of sp³-hybridized carbons (Fsp3) is 0.778. The number of nitrogens with zero attached hydrogens (tertiary/aromatic N) is 3. The molecule has 14 heavy (non-hydrogen) atoms. The predicted octanol–water partition coefficient (Wildman–Crippen LogP) is 0.338. The Bertz CT molecular complexity index is 300. The van der Waals surface area contributed by atoms with Gasteiger partial charge in [-0.1, -0.05) is 5.21 Å². The predicted molar refractivity (Wildman–Crippen MR) is 49.5 cm³/mol. The van der Waals surface area contributed by atoms with Crippen LogP contribution in [0.5, 0.6) is 0 Å². The van der Waals surface area contributed by atoms with Crippen LogP contribution < -0.4 is 0 Å². The molecule has 2 heterocycles. The third-order valence-electron chi connectivity index (χ3n) is 2.46. The average molecular weight is 197 g/mol. The number of aliphatic hydroxyl groups excluding tert-OH is 1. The second kappa shape index (κ2) is 4.06. The van der Waals surface area contributed by atoms with Crippen molar-refractivity contribution in [3.63, 3.8) is 0 Å². The van der Waals surface area contributed by atoms with Crippen LogP contribution in [0.3, 0.4) is 0 Å². The van der Waals surface area contributed by atoms with E-state index in [-0.39, 0.29) is 12.7 Å². The van der Waals surface area contributed by atoms with Crippen molar-refractivity contribution in [3.8, 4) is 0 Å². The van der Waals surface area contributed by atoms with Gasteiger partial charge in [-0.05, 0) is 19.8 Å². The molecule has 1 N–H and O–H groups in total. The molecule has 2 atom stereocenters. The van der Waals surface area contributed by atoms with Gasteiger partial charge < -0.3 is 9.84 Å². The van der Waals surface area contributed by atoms with Crippen LogP contribution in [0.1, 0.15) is 25.5 Å². The summed E-state index contributed by atoms with van der Waals surface area (Å²) in [6.07, 6.45) is 4.56. The zero-order valence-corrected chi connectivity index (χ0v) is 8.26. The van der Waals surface area contributed by atoms with Crippen LogP contribution in [0.4, 0.5) is 0 Å². The number of aromatic nitrogens is 3. The summed E-state index contributed by atoms with van der Waals surface area (Å²) in [6.45, 7) is 2.76. The molecule has 0 spiro atoms. The van der Waals surface area contributed by atoms with Crippen molar-refractivity contribution in [1.82, 2.24) is 15.0 Å². The maximum Gasteiger partial charge on any atom is 0.108 e. The van der Waals surface area contributed by atoms with E-state index in [0.717, 1.165) is 19.4 Å². The number of hydrogen-bond donors (Lipinski definition) is 1. The quantitative estimate of drug-likeness (QED) is 0.759. The summed E-state index contributed by atoms with van der Waals surface area (Å²) in [7, 11) is 0. The molecular formula is C9H15N3O2. The number of ether oxygens (including phenoxy) is 1. The minimum atomic E-state index is -0.0536. The molecule has 2 rings (SSSR count). The maximum absolute atomic E-state index is 8.81. The molecule has 1 aromatic rings. The summed E-state index contributed by atoms with van der Waals surface area (Å²) in [6, 6.07) is 0. The molecule has 0 amide bonds. The highest BCUT2D eigenvalue weighted by molar-refractivity contribution is 4.89. The van der Waals surface area contributed by atoms with Crippen molar-refractivity contribution in [2.24, 2.45) is 0 Å². The lowest BCUT2D eigenvalue weighted by molar-refractivity contribution is 0.0433. The van der Waals surface area contributed by atoms with Crippen LogP contribution in [0.25, 0.3) is 0 Å². The number of aliphatic hydroxyl groups is 1. The molecule has 1 aliphatic rings. The Morgan fingerprint density at radius 1 is 1.64 bits per heavy atom. The van der Waals surface area contributed by atoms with E-state index >= 15 is 0 Å². The van der Waals surface area contributed by atoms with E-state index in [2.05, 4.69) is 17.2 Å². The van der Waals surface area contributed by atoms with Gasteiger partial charge in [-0.2, -0.15) is 0 Å². The van der Waals surface area contributed by atoms with Crippen molar-refractivity contribution < 1.29 is 9.84 Å². The third-order valence-corrected chi connectivity index (χ3v) is 2.46. The lowest BCUT2D eigenvalue weighted by Gasteiger charge is -2.09. The summed E-state index contributed by atoms with van der Waals surface area (Å²) >= 11 is 0. The van der Waals surface area contributed by atoms with Gasteiger partial charge in [-0.3, -0.25) is 0 Å². The summed E-state index contributed by atoms with van der Waals surface area (Å²) in [5.74, 6) is 0. The zero-order valence-electron chi connectivity index (χ0n) is 8.26. The molecule has 2 unspecified atom stereocenters. The van der Waals surface area contributed by atoms with Gasteiger partial charge in [-0.25, -0.2) is 4.68 Å². The van der Waals surface area contributed by atoms with E-state index in [1.807, 2.05) is 0 Å². The molecule has 1 aromatic heterocycles. The lowest BCUT2D eigenvalue weighted by atomic mass is 10.2. The van der Waals surface area contributed by atoms with Gasteiger partial charge in [0.15, 0.2) is 0 Å². The van der Waals surface area contributed by atoms with E-state index in [4.69, 9.17) is 9.84 Å². The van der Waals surface area contributed by atoms with Gasteiger partial charge in [0.05, 0.1) is 31.6 Å². The molecule has 0 bridgehead atoms. The normalized spacial score (nSPS) is 27.0. The van der Waals surface area contributed by atoms with Crippen LogP contribution in [0.15, 0.2) is 6.20 Å². The zero-order chi connectivity index (χ0) is 9.97. The smallest absolute Gasteiger partial charge is 0.108 e. The fourth-order valence-electron chi connectivity index (χ4n) is 1.73. The summed E-state index contributed by atoms with van der Waals surface area (Å²) in [4.78, 5) is 0. The second-order valence-electron chi connectivity index (χ2n) is 3.74. The first-order valence-corrected chi connectivity index (χ1v) is 4.93. The van der Waals surface area contributed by atoms with Crippen molar-refractivity contribution >= 4 is 0 Å². The highest BCUT2D eigenvalue weighted by Gasteiger charge is 2.22. The van der Waals surface area contributed by atoms with E-state index in [1.54, 1.807) is 10.9 Å². The first kappa shape index (κ1) is 9.61. The summed E-state index contributed by atoms with van der Waals surface area (Å²) < 4.78 is 7.39. The van der Waals surface area contributed by atoms with E-state index in [0.29, 0.717) is 11.8 Å². The van der Waals surface area contributed by atoms with Crippen molar-refractivity contribution in [3.05, 3.63) is 11.9 Å². The highest BCUT2D eigenvalue weighted by Crippen LogP contribution is 2.19. The first-order chi connectivity index (χ1) is 6.78. The monoisotopic (exact) mass is 197 g/mol. The summed E-state index contributed by atoms with van der Waals surface area (Å²) in [5.41, 5.74) is 0.607. The van der Waals surface area contributed by atoms with Crippen LogP contribution in [-0.4, -0.2) is 32.3 Å². The van der Waals surface area contributed by atoms with Gasteiger partial charge in [0.1, 0.15) is 5.69 Å². The molecule has 5 heteroatoms. The molecule has 5 nitrogen and oxygen atoms in total. The molecule has 1 saturated heterocycles. The molecule has 0 saturated carbocycles. The Kier molecular flexibility index (Phi) is 2.79. The Morgan fingerprint density at radius 3 is 3.07 bits per heavy atom. The minimum absolute atomic E-state index is 0.0536. The van der Waals surface area contributed by atoms with E-state index in [1.165, 1.54) is 0 Å². The minimum Gasteiger partial charge on any atom is -0.390 e. The van der Waals surface area contributed by atoms with Gasteiger partial charge in [0, 0.05) is 0 Å². The standard InChI is InChI=1S/C9H15N3O2/c1-7-2-3-9(14-7)5-12-4-8(6-13)10-11-12/h4,7,9,13H,2-3,5-6H2,1H3. The van der Waals surface area contributed by atoms with Gasteiger partial charge in [0.25, 0.3) is 0 Å². The van der Waals surface area contributed by atoms with Crippen molar-refractivity contribution in [2.45, 2.75) is 45.1 Å². The SMILES string of the molecule is CC1CCC(Cn2cc(CO)nn2)O1. The topological polar surface area (TPSA) is 60.2 Å². The molecule has 0 radical (unpaired) electrons. The summed E-state index contributed by atoms with van der Waals surface area (Å²) in [5, 5.41) is 16.5. The maximum atomic E-state index is 8.81. The van der Waals surface area contributed by atoms with Gasteiger partial charge >= 0.3 is 0 Å². The van der Waals surface area contributed by atoms with Crippen LogP contribution in [0, 0.1) is 0 Å². The molecule has 1 aliphatic heterocycles. The second-order valence-corrected chi connectivity index (χ2v) is 3.74. The molecule has 1 fully saturated rings. The molecule has 78 valence electrons. The number of hydrogen-bond acceptors (Lipinski definition) is 4. The van der Waals surface area contributed by atoms with Crippen LogP contribution in [0.2, 0.25) is 0 Å². The van der Waals surface area contributed by atoms with Gasteiger partial charge in [0.2, 0.25) is 0 Å². The van der Waals surface area contributed by atoms with Crippen molar-refractivity contribution in [2.75, 3.05) is 0 Å². The highest BCUT2D eigenvalue weighted by atomic mass is 16.5. The Hall–Kier alpha value is -0.940. The van der Waals surface area contributed by atoms with Crippen molar-refractivity contribution in [1.29, 1.82) is 0 Å². The Labute approximate surface area is 82.7 Å². The third kappa shape index (κ3) is 2.10. The number of rotatable bonds is 3. The first-order valence-electron chi connectivity index (χ1n) is 4.93. The molecular weight excluding hydrogens is 182 g/mol.